The number of hydrogen-bond donors (Lipinski definition) is 2. The molecule has 108 valence electrons. The Morgan fingerprint density at radius 2 is 2.25 bits per heavy atom. The van der Waals surface area contributed by atoms with Gasteiger partial charge in [0.15, 0.2) is 0 Å². The second-order valence-electron chi connectivity index (χ2n) is 4.15. The van der Waals surface area contributed by atoms with Crippen LogP contribution < -0.4 is 11.1 Å². The third-order valence-electron chi connectivity index (χ3n) is 2.61. The Hall–Kier alpha value is -1.90. The van der Waals surface area contributed by atoms with Crippen LogP contribution in [0.3, 0.4) is 0 Å². The number of ether oxygens (including phenoxy) is 1. The molecular formula is C15H19FN2O2. The molecule has 1 rings (SSSR count). The fraction of sp³-hybridized carbons (Fsp3) is 0.400. The maximum absolute atomic E-state index is 13.2. The highest BCUT2D eigenvalue weighted by Gasteiger charge is 2.10. The highest BCUT2D eigenvalue weighted by molar-refractivity contribution is 5.96. The summed E-state index contributed by atoms with van der Waals surface area (Å²) in [6.45, 7) is 1.36. The van der Waals surface area contributed by atoms with E-state index in [0.717, 1.165) is 12.8 Å². The molecule has 20 heavy (non-hydrogen) atoms. The molecule has 4 nitrogen and oxygen atoms in total. The summed E-state index contributed by atoms with van der Waals surface area (Å²) in [5, 5.41) is 2.74. The molecule has 5 heteroatoms. The van der Waals surface area contributed by atoms with Crippen LogP contribution in [0.15, 0.2) is 18.2 Å². The number of carbonyl (C=O) groups is 1. The SMILES string of the molecule is COCCCCNC(=O)c1cc(F)ccc1C#CCN. The number of hydrogen-bond acceptors (Lipinski definition) is 3. The van der Waals surface area contributed by atoms with E-state index in [-0.39, 0.29) is 18.0 Å². The lowest BCUT2D eigenvalue weighted by atomic mass is 10.1. The minimum absolute atomic E-state index is 0.190. The van der Waals surface area contributed by atoms with Gasteiger partial charge in [0.25, 0.3) is 5.91 Å². The van der Waals surface area contributed by atoms with Crippen molar-refractivity contribution < 1.29 is 13.9 Å². The average Bonchev–Trinajstić information content (AvgIpc) is 2.45. The van der Waals surface area contributed by atoms with Gasteiger partial charge in [-0.15, -0.1) is 0 Å². The van der Waals surface area contributed by atoms with Crippen LogP contribution in [-0.4, -0.2) is 32.7 Å². The van der Waals surface area contributed by atoms with E-state index in [1.54, 1.807) is 7.11 Å². The molecule has 0 aliphatic heterocycles. The maximum atomic E-state index is 13.2. The van der Waals surface area contributed by atoms with Crippen LogP contribution in [0, 0.1) is 17.7 Å². The number of carbonyl (C=O) groups excluding carboxylic acids is 1. The number of nitrogens with two attached hydrogens (primary N) is 1. The topological polar surface area (TPSA) is 64.3 Å². The molecule has 0 aliphatic carbocycles. The van der Waals surface area contributed by atoms with Crippen molar-refractivity contribution in [1.29, 1.82) is 0 Å². The van der Waals surface area contributed by atoms with Crippen molar-refractivity contribution in [2.75, 3.05) is 26.8 Å². The summed E-state index contributed by atoms with van der Waals surface area (Å²) in [5.41, 5.74) is 6.01. The second-order valence-corrected chi connectivity index (χ2v) is 4.15. The normalized spacial score (nSPS) is 9.75. The highest BCUT2D eigenvalue weighted by Crippen LogP contribution is 2.10. The summed E-state index contributed by atoms with van der Waals surface area (Å²) in [5.74, 6) is 4.64. The summed E-state index contributed by atoms with van der Waals surface area (Å²) < 4.78 is 18.2. The van der Waals surface area contributed by atoms with E-state index >= 15 is 0 Å². The molecule has 1 aromatic carbocycles. The average molecular weight is 278 g/mol. The monoisotopic (exact) mass is 278 g/mol. The Bertz CT molecular complexity index is 506. The minimum Gasteiger partial charge on any atom is -0.385 e. The molecule has 0 radical (unpaired) electrons. The van der Waals surface area contributed by atoms with Crippen LogP contribution in [-0.2, 0) is 4.74 Å². The predicted octanol–water partition coefficient (Wildman–Crippen LogP) is 1.29. The number of methoxy groups -OCH3 is 1. The second kappa shape index (κ2) is 9.08. The highest BCUT2D eigenvalue weighted by atomic mass is 19.1. The molecule has 0 unspecified atom stereocenters. The predicted molar refractivity (Wildman–Crippen MR) is 75.8 cm³/mol. The van der Waals surface area contributed by atoms with Crippen molar-refractivity contribution in [3.63, 3.8) is 0 Å². The largest absolute Gasteiger partial charge is 0.385 e. The Kier molecular flexibility index (Phi) is 7.33. The first-order valence-electron chi connectivity index (χ1n) is 6.44. The lowest BCUT2D eigenvalue weighted by molar-refractivity contribution is 0.0950. The molecule has 0 atom stereocenters. The van der Waals surface area contributed by atoms with Gasteiger partial charge in [0.05, 0.1) is 12.1 Å². The fourth-order valence-corrected chi connectivity index (χ4v) is 1.63. The summed E-state index contributed by atoms with van der Waals surface area (Å²) in [6.07, 6.45) is 1.67. The van der Waals surface area contributed by atoms with E-state index in [1.165, 1.54) is 18.2 Å². The summed E-state index contributed by atoms with van der Waals surface area (Å²) in [7, 11) is 1.63. The lowest BCUT2D eigenvalue weighted by Crippen LogP contribution is -2.25. The third kappa shape index (κ3) is 5.39. The van der Waals surface area contributed by atoms with Crippen LogP contribution in [0.2, 0.25) is 0 Å². The lowest BCUT2D eigenvalue weighted by Gasteiger charge is -2.07. The van der Waals surface area contributed by atoms with Gasteiger partial charge in [-0.2, -0.15) is 0 Å². The van der Waals surface area contributed by atoms with E-state index in [4.69, 9.17) is 10.5 Å². The van der Waals surface area contributed by atoms with E-state index in [1.807, 2.05) is 0 Å². The van der Waals surface area contributed by atoms with Gasteiger partial charge in [0.2, 0.25) is 0 Å². The van der Waals surface area contributed by atoms with Gasteiger partial charge in [0, 0.05) is 25.8 Å². The van der Waals surface area contributed by atoms with Crippen molar-refractivity contribution in [2.45, 2.75) is 12.8 Å². The molecule has 0 aliphatic rings. The van der Waals surface area contributed by atoms with Gasteiger partial charge in [-0.1, -0.05) is 11.8 Å². The molecule has 1 amide bonds. The van der Waals surface area contributed by atoms with Crippen molar-refractivity contribution in [2.24, 2.45) is 5.73 Å². The van der Waals surface area contributed by atoms with Gasteiger partial charge in [-0.05, 0) is 31.0 Å². The number of amides is 1. The van der Waals surface area contributed by atoms with Crippen molar-refractivity contribution in [3.8, 4) is 11.8 Å². The van der Waals surface area contributed by atoms with Crippen molar-refractivity contribution in [3.05, 3.63) is 35.1 Å². The molecule has 0 aromatic heterocycles. The first kappa shape index (κ1) is 16.2. The van der Waals surface area contributed by atoms with E-state index in [2.05, 4.69) is 17.2 Å². The summed E-state index contributed by atoms with van der Waals surface area (Å²) in [4.78, 5) is 12.0. The zero-order valence-corrected chi connectivity index (χ0v) is 11.5. The van der Waals surface area contributed by atoms with Crippen LogP contribution in [0.5, 0.6) is 0 Å². The van der Waals surface area contributed by atoms with Gasteiger partial charge in [-0.3, -0.25) is 4.79 Å². The molecule has 0 fully saturated rings. The molecule has 3 N–H and O–H groups in total. The van der Waals surface area contributed by atoms with Crippen LogP contribution in [0.4, 0.5) is 4.39 Å². The number of unbranched alkanes of at least 4 members (excludes halogenated alkanes) is 1. The Morgan fingerprint density at radius 3 is 2.95 bits per heavy atom. The van der Waals surface area contributed by atoms with Crippen molar-refractivity contribution >= 4 is 5.91 Å². The smallest absolute Gasteiger partial charge is 0.252 e. The Labute approximate surface area is 118 Å². The summed E-state index contributed by atoms with van der Waals surface area (Å²) >= 11 is 0. The quantitative estimate of drug-likeness (QED) is 0.609. The fourth-order valence-electron chi connectivity index (χ4n) is 1.63. The first-order valence-corrected chi connectivity index (χ1v) is 6.44. The van der Waals surface area contributed by atoms with Crippen molar-refractivity contribution in [1.82, 2.24) is 5.32 Å². The molecule has 0 spiro atoms. The molecular weight excluding hydrogens is 259 g/mol. The zero-order valence-electron chi connectivity index (χ0n) is 11.5. The van der Waals surface area contributed by atoms with E-state index in [0.29, 0.717) is 18.7 Å². The number of halogens is 1. The molecule has 0 saturated carbocycles. The maximum Gasteiger partial charge on any atom is 0.252 e. The molecule has 1 aromatic rings. The first-order chi connectivity index (χ1) is 9.69. The van der Waals surface area contributed by atoms with Gasteiger partial charge in [-0.25, -0.2) is 4.39 Å². The standard InChI is InChI=1S/C15H19FN2O2/c1-20-10-3-2-9-18-15(19)14-11-13(16)7-6-12(14)5-4-8-17/h6-7,11H,2-3,8-10,17H2,1H3,(H,18,19). The minimum atomic E-state index is -0.465. The molecule has 0 bridgehead atoms. The van der Waals surface area contributed by atoms with Crippen LogP contribution >= 0.6 is 0 Å². The van der Waals surface area contributed by atoms with E-state index in [9.17, 15) is 9.18 Å². The third-order valence-corrected chi connectivity index (χ3v) is 2.61. The van der Waals surface area contributed by atoms with E-state index < -0.39 is 5.82 Å². The Balaban J connectivity index is 2.68. The molecule has 0 saturated heterocycles. The summed E-state index contributed by atoms with van der Waals surface area (Å²) in [6, 6.07) is 3.94. The van der Waals surface area contributed by atoms with Gasteiger partial charge in [0.1, 0.15) is 5.82 Å². The number of rotatable bonds is 6. The van der Waals surface area contributed by atoms with Crippen LogP contribution in [0.1, 0.15) is 28.8 Å². The van der Waals surface area contributed by atoms with Gasteiger partial charge >= 0.3 is 0 Å². The Morgan fingerprint density at radius 1 is 1.45 bits per heavy atom. The number of nitrogens with one attached hydrogen (secondary N) is 1. The molecule has 0 heterocycles. The zero-order chi connectivity index (χ0) is 14.8. The van der Waals surface area contributed by atoms with Crippen LogP contribution in [0.25, 0.3) is 0 Å². The number of benzene rings is 1. The van der Waals surface area contributed by atoms with Gasteiger partial charge < -0.3 is 15.8 Å².